The van der Waals surface area contributed by atoms with Crippen LogP contribution in [0, 0.1) is 0 Å². The minimum absolute atomic E-state index is 0.0280. The lowest BCUT2D eigenvalue weighted by Gasteiger charge is -2.32. The SMILES string of the molecule is CC(C)(C)c1ccc(N2C=C(c3cc(Oc4ccc5c6ccccc6n(-c6cc(C(C)(C)C)ccn6)c5c4)cc(-c4c(-c5ccccc5)cccc4-c4ccccc4)c3)N3C=CC=CC32)cc1. The molecule has 67 heavy (non-hydrogen) atoms. The number of rotatable bonds is 8. The van der Waals surface area contributed by atoms with Crippen molar-refractivity contribution in [3.63, 3.8) is 0 Å². The van der Waals surface area contributed by atoms with Gasteiger partial charge in [-0.15, -0.1) is 0 Å². The van der Waals surface area contributed by atoms with Gasteiger partial charge in [0.05, 0.1) is 16.7 Å². The van der Waals surface area contributed by atoms with Crippen molar-refractivity contribution in [3.05, 3.63) is 229 Å². The fourth-order valence-electron chi connectivity index (χ4n) is 9.73. The number of ether oxygens (including phenoxy) is 1. The molecule has 0 bridgehead atoms. The van der Waals surface area contributed by atoms with Gasteiger partial charge in [0.25, 0.3) is 0 Å². The van der Waals surface area contributed by atoms with Crippen molar-refractivity contribution in [1.29, 1.82) is 0 Å². The summed E-state index contributed by atoms with van der Waals surface area (Å²) in [5, 5.41) is 2.32. The monoisotopic (exact) mass is 870 g/mol. The average molecular weight is 871 g/mol. The Bertz CT molecular complexity index is 3340. The molecule has 0 spiro atoms. The highest BCUT2D eigenvalue weighted by Gasteiger charge is 2.33. The summed E-state index contributed by atoms with van der Waals surface area (Å²) in [5.41, 5.74) is 14.8. The lowest BCUT2D eigenvalue weighted by Crippen LogP contribution is -2.36. The maximum absolute atomic E-state index is 7.17. The number of aromatic nitrogens is 2. The summed E-state index contributed by atoms with van der Waals surface area (Å²) >= 11 is 0. The first kappa shape index (κ1) is 41.8. The summed E-state index contributed by atoms with van der Waals surface area (Å²) in [4.78, 5) is 9.69. The molecular formula is C62H54N4O. The zero-order valence-corrected chi connectivity index (χ0v) is 39.0. The smallest absolute Gasteiger partial charge is 0.137 e. The zero-order chi connectivity index (χ0) is 45.9. The van der Waals surface area contributed by atoms with Crippen molar-refractivity contribution in [2.75, 3.05) is 4.90 Å². The van der Waals surface area contributed by atoms with Gasteiger partial charge in [0, 0.05) is 46.7 Å². The Morgan fingerprint density at radius 3 is 1.85 bits per heavy atom. The van der Waals surface area contributed by atoms with Gasteiger partial charge in [0.15, 0.2) is 0 Å². The topological polar surface area (TPSA) is 33.5 Å². The normalized spacial score (nSPS) is 14.8. The first-order valence-electron chi connectivity index (χ1n) is 23.3. The largest absolute Gasteiger partial charge is 0.457 e. The Kier molecular flexibility index (Phi) is 10.3. The second-order valence-electron chi connectivity index (χ2n) is 19.8. The van der Waals surface area contributed by atoms with Crippen molar-refractivity contribution in [2.45, 2.75) is 58.5 Å². The second-order valence-corrected chi connectivity index (χ2v) is 19.8. The van der Waals surface area contributed by atoms with E-state index in [1.54, 1.807) is 0 Å². The minimum atomic E-state index is -0.0318. The molecule has 2 aliphatic rings. The maximum Gasteiger partial charge on any atom is 0.137 e. The van der Waals surface area contributed by atoms with Gasteiger partial charge in [-0.2, -0.15) is 0 Å². The van der Waals surface area contributed by atoms with Crippen LogP contribution in [0.3, 0.4) is 0 Å². The molecule has 4 heterocycles. The van der Waals surface area contributed by atoms with Crippen LogP contribution in [0.1, 0.15) is 58.2 Å². The van der Waals surface area contributed by atoms with E-state index in [-0.39, 0.29) is 17.0 Å². The number of anilines is 1. The Morgan fingerprint density at radius 2 is 1.15 bits per heavy atom. The number of hydrogen-bond acceptors (Lipinski definition) is 4. The van der Waals surface area contributed by atoms with E-state index in [0.29, 0.717) is 0 Å². The van der Waals surface area contributed by atoms with E-state index in [9.17, 15) is 0 Å². The lowest BCUT2D eigenvalue weighted by atomic mass is 9.87. The molecule has 5 heteroatoms. The average Bonchev–Trinajstić information content (AvgIpc) is 3.90. The first-order valence-corrected chi connectivity index (χ1v) is 23.3. The van der Waals surface area contributed by atoms with Gasteiger partial charge in [0.1, 0.15) is 23.5 Å². The number of fused-ring (bicyclic) bond motifs is 4. The van der Waals surface area contributed by atoms with Gasteiger partial charge in [-0.25, -0.2) is 4.98 Å². The minimum Gasteiger partial charge on any atom is -0.457 e. The van der Waals surface area contributed by atoms with Crippen molar-refractivity contribution >= 4 is 33.2 Å². The molecule has 1 unspecified atom stereocenters. The molecule has 0 saturated heterocycles. The molecule has 5 nitrogen and oxygen atoms in total. The van der Waals surface area contributed by atoms with Gasteiger partial charge in [0.2, 0.25) is 0 Å². The van der Waals surface area contributed by atoms with Crippen molar-refractivity contribution in [2.24, 2.45) is 0 Å². The molecule has 0 saturated carbocycles. The number of para-hydroxylation sites is 1. The van der Waals surface area contributed by atoms with Crippen molar-refractivity contribution in [3.8, 4) is 50.7 Å². The third-order valence-electron chi connectivity index (χ3n) is 13.2. The quantitative estimate of drug-likeness (QED) is 0.152. The molecule has 2 aliphatic heterocycles. The van der Waals surface area contributed by atoms with Crippen LogP contribution in [0.25, 0.3) is 66.7 Å². The third-order valence-corrected chi connectivity index (χ3v) is 13.2. The van der Waals surface area contributed by atoms with E-state index in [4.69, 9.17) is 9.72 Å². The molecule has 7 aromatic carbocycles. The molecule has 0 N–H and O–H groups in total. The summed E-state index contributed by atoms with van der Waals surface area (Å²) in [6.45, 7) is 13.5. The number of nitrogens with zero attached hydrogens (tertiary/aromatic N) is 4. The number of hydrogen-bond donors (Lipinski definition) is 0. The van der Waals surface area contributed by atoms with E-state index in [2.05, 4.69) is 262 Å². The van der Waals surface area contributed by atoms with Crippen LogP contribution in [0.5, 0.6) is 11.5 Å². The lowest BCUT2D eigenvalue weighted by molar-refractivity contribution is 0.470. The molecule has 2 aromatic heterocycles. The number of pyridine rings is 1. The summed E-state index contributed by atoms with van der Waals surface area (Å²) in [6.07, 6.45) is 12.9. The Balaban J connectivity index is 1.11. The summed E-state index contributed by atoms with van der Waals surface area (Å²) in [6, 6.07) is 63.3. The fourth-order valence-corrected chi connectivity index (χ4v) is 9.73. The van der Waals surface area contributed by atoms with Crippen LogP contribution in [-0.2, 0) is 10.8 Å². The van der Waals surface area contributed by atoms with E-state index in [0.717, 1.165) is 84.1 Å². The third kappa shape index (κ3) is 7.80. The molecule has 1 atom stereocenters. The van der Waals surface area contributed by atoms with E-state index >= 15 is 0 Å². The highest BCUT2D eigenvalue weighted by atomic mass is 16.5. The predicted molar refractivity (Wildman–Crippen MR) is 280 cm³/mol. The van der Waals surface area contributed by atoms with Crippen LogP contribution in [0.15, 0.2) is 213 Å². The maximum atomic E-state index is 7.17. The number of benzene rings is 7. The standard InChI is InChI=1S/C62H54N4O/c1-61(2,3)46-27-29-48(30-28-46)65-41-57(64-35-16-15-26-59(64)65)44-36-45(60-51(42-18-9-7-10-19-42)23-17-24-52(60)43-20-11-8-12-21-43)38-50(37-44)67-49-31-32-54-53-22-13-14-25-55(53)66(56(54)40-49)58-39-47(33-34-63-58)62(4,5)6/h7-41,59H,1-6H3. The molecule has 0 amide bonds. The predicted octanol–water partition coefficient (Wildman–Crippen LogP) is 16.1. The summed E-state index contributed by atoms with van der Waals surface area (Å²) < 4.78 is 9.45. The van der Waals surface area contributed by atoms with E-state index in [1.807, 2.05) is 6.20 Å². The fraction of sp³-hybridized carbons (Fsp3) is 0.145. The second kappa shape index (κ2) is 16.5. The molecule has 9 aromatic rings. The Labute approximate surface area is 394 Å². The van der Waals surface area contributed by atoms with Crippen LogP contribution < -0.4 is 9.64 Å². The van der Waals surface area contributed by atoms with Crippen molar-refractivity contribution in [1.82, 2.24) is 14.5 Å². The van der Waals surface area contributed by atoms with Crippen LogP contribution in [0.2, 0.25) is 0 Å². The highest BCUT2D eigenvalue weighted by Crippen LogP contribution is 2.45. The molecule has 0 aliphatic carbocycles. The molecule has 0 radical (unpaired) electrons. The van der Waals surface area contributed by atoms with Crippen LogP contribution in [-0.4, -0.2) is 20.6 Å². The highest BCUT2D eigenvalue weighted by molar-refractivity contribution is 6.09. The summed E-state index contributed by atoms with van der Waals surface area (Å²) in [5.74, 6) is 2.37. The van der Waals surface area contributed by atoms with Gasteiger partial charge in [-0.1, -0.05) is 157 Å². The van der Waals surface area contributed by atoms with Crippen molar-refractivity contribution < 1.29 is 4.74 Å². The van der Waals surface area contributed by atoms with Gasteiger partial charge in [-0.3, -0.25) is 4.57 Å². The Hall–Kier alpha value is -7.89. The first-order chi connectivity index (χ1) is 32.5. The molecular weight excluding hydrogens is 817 g/mol. The molecule has 328 valence electrons. The van der Waals surface area contributed by atoms with E-state index < -0.39 is 0 Å². The van der Waals surface area contributed by atoms with Gasteiger partial charge < -0.3 is 14.5 Å². The van der Waals surface area contributed by atoms with Crippen LogP contribution in [0.4, 0.5) is 5.69 Å². The Morgan fingerprint density at radius 1 is 0.493 bits per heavy atom. The van der Waals surface area contributed by atoms with Gasteiger partial charge >= 0.3 is 0 Å². The molecule has 11 rings (SSSR count). The number of allylic oxidation sites excluding steroid dienone is 2. The van der Waals surface area contributed by atoms with Crippen LogP contribution >= 0.6 is 0 Å². The summed E-state index contributed by atoms with van der Waals surface area (Å²) in [7, 11) is 0. The van der Waals surface area contributed by atoms with E-state index in [1.165, 1.54) is 16.5 Å². The van der Waals surface area contributed by atoms with Gasteiger partial charge in [-0.05, 0) is 128 Å². The zero-order valence-electron chi connectivity index (χ0n) is 39.0. The molecule has 0 fully saturated rings.